The van der Waals surface area contributed by atoms with Crippen LogP contribution in [0.5, 0.6) is 0 Å². The molecule has 0 bridgehead atoms. The number of hydrogen-bond donors (Lipinski definition) is 0. The van der Waals surface area contributed by atoms with Crippen molar-refractivity contribution in [2.75, 3.05) is 4.81 Å². The Kier molecular flexibility index (Phi) is 7.48. The van der Waals surface area contributed by atoms with Crippen LogP contribution in [0.2, 0.25) is 0 Å². The van der Waals surface area contributed by atoms with Gasteiger partial charge in [-0.25, -0.2) is 0 Å². The number of rotatable bonds is 1. The molecule has 4 heteroatoms. The summed E-state index contributed by atoms with van der Waals surface area (Å²) < 4.78 is 10.2. The van der Waals surface area contributed by atoms with Gasteiger partial charge in [0.15, 0.2) is 0 Å². The number of hydrogen-bond acceptors (Lipinski definition) is 2. The van der Waals surface area contributed by atoms with Crippen LogP contribution in [0.4, 0.5) is 11.4 Å². The molecule has 10 aromatic rings. The van der Waals surface area contributed by atoms with E-state index in [0.717, 1.165) is 24.0 Å². The molecule has 342 valence electrons. The molecule has 15 rings (SSSR count). The van der Waals surface area contributed by atoms with Gasteiger partial charge in [-0.3, -0.25) is 0 Å². The lowest BCUT2D eigenvalue weighted by Gasteiger charge is -2.43. The zero-order chi connectivity index (χ0) is 47.9. The van der Waals surface area contributed by atoms with Gasteiger partial charge in [-0.2, -0.15) is 0 Å². The number of furan rings is 1. The highest BCUT2D eigenvalue weighted by atomic mass is 16.3. The number of para-hydroxylation sites is 1. The number of anilines is 2. The normalized spacial score (nSPS) is 17.9. The van der Waals surface area contributed by atoms with Crippen LogP contribution in [0.25, 0.3) is 82.8 Å². The Hall–Kier alpha value is -6.78. The van der Waals surface area contributed by atoms with Gasteiger partial charge in [-0.1, -0.05) is 161 Å². The van der Waals surface area contributed by atoms with E-state index in [-0.39, 0.29) is 33.9 Å². The minimum absolute atomic E-state index is 0.0158. The molecule has 3 aliphatic carbocycles. The Balaban J connectivity index is 1.19. The van der Waals surface area contributed by atoms with Crippen LogP contribution >= 0.6 is 0 Å². The highest BCUT2D eigenvalue weighted by molar-refractivity contribution is 6.94. The van der Waals surface area contributed by atoms with Crippen LogP contribution in [-0.2, 0) is 27.1 Å². The standard InChI is InChI=1S/C66H59BN2O/c1-62(2,3)36-24-26-37(27-25-36)69-53-32-41-38-18-12-15-21-45(38)65(8,9)47(41)30-44(53)58-59-60-56(57-40-20-14-17-23-55(40)70-61(57)58)43-31-49-50(64(6,7)29-28-63(49,4)5)35-52(43)68(60)54-33-42-39-19-13-16-22-46(39)66(10,11)48(42)34-51(54)67(59)69/h12-27,30-35H,28-29H2,1-11H3. The van der Waals surface area contributed by atoms with Crippen LogP contribution in [0.1, 0.15) is 128 Å². The smallest absolute Gasteiger partial charge is 0.333 e. The summed E-state index contributed by atoms with van der Waals surface area (Å²) >= 11 is 0. The largest absolute Gasteiger partial charge is 0.455 e. The molecule has 0 saturated carbocycles. The van der Waals surface area contributed by atoms with E-state index in [1.807, 2.05) is 0 Å². The van der Waals surface area contributed by atoms with Crippen molar-refractivity contribution in [2.24, 2.45) is 0 Å². The molecular formula is C66H59BN2O. The van der Waals surface area contributed by atoms with Gasteiger partial charge in [0.05, 0.1) is 11.0 Å². The molecule has 0 unspecified atom stereocenters. The van der Waals surface area contributed by atoms with E-state index in [9.17, 15) is 0 Å². The van der Waals surface area contributed by atoms with Crippen LogP contribution in [0.15, 0.2) is 138 Å². The van der Waals surface area contributed by atoms with E-state index in [1.165, 1.54) is 133 Å². The van der Waals surface area contributed by atoms with Gasteiger partial charge >= 0.3 is 6.85 Å². The third-order valence-electron chi connectivity index (χ3n) is 18.6. The Morgan fingerprint density at radius 2 is 1.10 bits per heavy atom. The van der Waals surface area contributed by atoms with Gasteiger partial charge in [0.25, 0.3) is 0 Å². The van der Waals surface area contributed by atoms with Crippen LogP contribution in [0, 0.1) is 0 Å². The van der Waals surface area contributed by atoms with Gasteiger partial charge in [0, 0.05) is 60.6 Å². The van der Waals surface area contributed by atoms with E-state index in [4.69, 9.17) is 4.42 Å². The van der Waals surface area contributed by atoms with Crippen LogP contribution < -0.4 is 15.7 Å². The topological polar surface area (TPSA) is 21.3 Å². The molecule has 70 heavy (non-hydrogen) atoms. The Morgan fingerprint density at radius 1 is 0.514 bits per heavy atom. The summed E-state index contributed by atoms with van der Waals surface area (Å²) in [6.45, 7) is 26.4. The lowest BCUT2D eigenvalue weighted by Crippen LogP contribution is -2.60. The molecule has 2 aromatic heterocycles. The third kappa shape index (κ3) is 4.88. The number of fused-ring (bicyclic) bond motifs is 20. The fourth-order valence-corrected chi connectivity index (χ4v) is 14.6. The van der Waals surface area contributed by atoms with E-state index < -0.39 is 0 Å². The lowest BCUT2D eigenvalue weighted by atomic mass is 9.43. The predicted molar refractivity (Wildman–Crippen MR) is 296 cm³/mol. The first kappa shape index (κ1) is 41.0. The molecular weight excluding hydrogens is 848 g/mol. The fraction of sp³-hybridized carbons (Fsp3) is 0.273. The molecule has 0 N–H and O–H groups in total. The van der Waals surface area contributed by atoms with Crippen molar-refractivity contribution in [2.45, 2.75) is 116 Å². The maximum atomic E-state index is 7.47. The zero-order valence-corrected chi connectivity index (χ0v) is 42.5. The zero-order valence-electron chi connectivity index (χ0n) is 42.5. The molecule has 8 aromatic carbocycles. The Labute approximate surface area is 412 Å². The number of aromatic nitrogens is 1. The van der Waals surface area contributed by atoms with Crippen LogP contribution in [-0.4, -0.2) is 11.4 Å². The van der Waals surface area contributed by atoms with E-state index in [2.05, 4.69) is 219 Å². The maximum absolute atomic E-state index is 7.47. The summed E-state index contributed by atoms with van der Waals surface area (Å²) in [7, 11) is 0. The minimum atomic E-state index is -0.188. The second-order valence-corrected chi connectivity index (χ2v) is 25.1. The SMILES string of the molecule is CC(C)(C)c1ccc(N2B3c4cc5c(cc4-n4c6cc7c(cc6c6c8c(oc9ccccc98)c(c3c64)-c3cc4c(cc32)-c2ccccc2C4(C)C)C(C)(C)CCC7(C)C)-c2ccccc2C5(C)C)cc1. The summed E-state index contributed by atoms with van der Waals surface area (Å²) in [6.07, 6.45) is 2.32. The second kappa shape index (κ2) is 12.8. The number of benzene rings is 8. The first-order valence-corrected chi connectivity index (χ1v) is 25.8. The van der Waals surface area contributed by atoms with Gasteiger partial charge in [-0.15, -0.1) is 0 Å². The molecule has 5 aliphatic rings. The second-order valence-electron chi connectivity index (χ2n) is 25.1. The molecule has 0 saturated heterocycles. The molecule has 3 nitrogen and oxygen atoms in total. The van der Waals surface area contributed by atoms with Crippen molar-refractivity contribution in [3.63, 3.8) is 0 Å². The molecule has 4 heterocycles. The van der Waals surface area contributed by atoms with Crippen molar-refractivity contribution < 1.29 is 4.42 Å². The molecule has 0 radical (unpaired) electrons. The molecule has 2 aliphatic heterocycles. The molecule has 0 fully saturated rings. The minimum Gasteiger partial charge on any atom is -0.455 e. The first-order chi connectivity index (χ1) is 33.4. The van der Waals surface area contributed by atoms with E-state index in [0.29, 0.717) is 0 Å². The summed E-state index contributed by atoms with van der Waals surface area (Å²) in [5.41, 5.74) is 28.3. The highest BCUT2D eigenvalue weighted by Crippen LogP contribution is 2.58. The van der Waals surface area contributed by atoms with Gasteiger partial charge in [-0.05, 0) is 150 Å². The summed E-state index contributed by atoms with van der Waals surface area (Å²) in [5.74, 6) is 0. The monoisotopic (exact) mass is 906 g/mol. The Bertz CT molecular complexity index is 4050. The predicted octanol–water partition coefficient (Wildman–Crippen LogP) is 16.2. The fourth-order valence-electron chi connectivity index (χ4n) is 14.6. The average Bonchev–Trinajstić information content (AvgIpc) is 4.02. The third-order valence-corrected chi connectivity index (χ3v) is 18.6. The molecule has 0 amide bonds. The first-order valence-electron chi connectivity index (χ1n) is 25.8. The Morgan fingerprint density at radius 3 is 1.76 bits per heavy atom. The molecule has 0 atom stereocenters. The quantitative estimate of drug-likeness (QED) is 0.153. The van der Waals surface area contributed by atoms with Crippen molar-refractivity contribution >= 4 is 72.9 Å². The van der Waals surface area contributed by atoms with Crippen molar-refractivity contribution in [3.8, 4) is 39.1 Å². The van der Waals surface area contributed by atoms with Gasteiger partial charge < -0.3 is 13.8 Å². The van der Waals surface area contributed by atoms with Crippen molar-refractivity contribution in [1.82, 2.24) is 4.57 Å². The van der Waals surface area contributed by atoms with E-state index >= 15 is 0 Å². The summed E-state index contributed by atoms with van der Waals surface area (Å²) in [4.78, 5) is 2.74. The van der Waals surface area contributed by atoms with Gasteiger partial charge in [0.1, 0.15) is 11.2 Å². The summed E-state index contributed by atoms with van der Waals surface area (Å²) in [5, 5.41) is 5.05. The number of nitrogens with zero attached hydrogens (tertiary/aromatic N) is 2. The highest BCUT2D eigenvalue weighted by Gasteiger charge is 2.50. The van der Waals surface area contributed by atoms with Crippen molar-refractivity contribution in [1.29, 1.82) is 0 Å². The van der Waals surface area contributed by atoms with Crippen LogP contribution in [0.3, 0.4) is 0 Å². The van der Waals surface area contributed by atoms with Crippen molar-refractivity contribution in [3.05, 3.63) is 172 Å². The van der Waals surface area contributed by atoms with Gasteiger partial charge in [0.2, 0.25) is 0 Å². The lowest BCUT2D eigenvalue weighted by molar-refractivity contribution is 0.332. The summed E-state index contributed by atoms with van der Waals surface area (Å²) in [6, 6.07) is 52.3. The molecule has 0 spiro atoms. The maximum Gasteiger partial charge on any atom is 0.333 e. The average molecular weight is 907 g/mol. The van der Waals surface area contributed by atoms with E-state index in [1.54, 1.807) is 0 Å².